The van der Waals surface area contributed by atoms with Gasteiger partial charge in [0.2, 0.25) is 5.91 Å². The normalized spacial score (nSPS) is 13.2. The van der Waals surface area contributed by atoms with E-state index < -0.39 is 17.6 Å². The van der Waals surface area contributed by atoms with Crippen LogP contribution in [0.15, 0.2) is 47.6 Å². The van der Waals surface area contributed by atoms with Gasteiger partial charge in [-0.3, -0.25) is 4.79 Å². The molecule has 1 N–H and O–H groups in total. The molecule has 11 heteroatoms. The standard InChI is InChI=1S/C20H17F3N4O3S/c1-27-18(12-5-6-15-16(9-12)30-8-7-29-15)25-26-19(27)31-11-17(28)24-14-4-2-3-13(10-14)20(21,22)23/h2-6,9-10H,7-8,11H2,1H3,(H,24,28). The first-order valence-corrected chi connectivity index (χ1v) is 10.2. The van der Waals surface area contributed by atoms with Crippen molar-refractivity contribution in [1.29, 1.82) is 0 Å². The number of carbonyl (C=O) groups excluding carboxylic acids is 1. The van der Waals surface area contributed by atoms with Crippen molar-refractivity contribution in [2.24, 2.45) is 7.05 Å². The van der Waals surface area contributed by atoms with Crippen LogP contribution in [0.1, 0.15) is 5.56 Å². The number of hydrogen-bond donors (Lipinski definition) is 1. The van der Waals surface area contributed by atoms with E-state index in [1.165, 1.54) is 12.1 Å². The second-order valence-corrected chi connectivity index (χ2v) is 7.58. The Labute approximate surface area is 179 Å². The van der Waals surface area contributed by atoms with Crippen LogP contribution in [-0.4, -0.2) is 39.6 Å². The lowest BCUT2D eigenvalue weighted by Gasteiger charge is -2.18. The molecule has 2 heterocycles. The number of amides is 1. The fourth-order valence-corrected chi connectivity index (χ4v) is 3.69. The Morgan fingerprint density at radius 1 is 1.13 bits per heavy atom. The number of benzene rings is 2. The average Bonchev–Trinajstić information content (AvgIpc) is 3.12. The number of aromatic nitrogens is 3. The highest BCUT2D eigenvalue weighted by molar-refractivity contribution is 7.99. The number of anilines is 1. The summed E-state index contributed by atoms with van der Waals surface area (Å²) in [6.07, 6.45) is -4.47. The molecule has 0 atom stereocenters. The molecule has 0 fully saturated rings. The molecule has 1 aromatic heterocycles. The summed E-state index contributed by atoms with van der Waals surface area (Å²) in [5, 5.41) is 11.2. The van der Waals surface area contributed by atoms with Crippen LogP contribution in [0.4, 0.5) is 18.9 Å². The lowest BCUT2D eigenvalue weighted by molar-refractivity contribution is -0.137. The molecule has 1 aliphatic heterocycles. The van der Waals surface area contributed by atoms with Crippen LogP contribution >= 0.6 is 11.8 Å². The molecular formula is C20H17F3N4O3S. The Hall–Kier alpha value is -3.21. The van der Waals surface area contributed by atoms with Crippen LogP contribution in [0.2, 0.25) is 0 Å². The minimum absolute atomic E-state index is 0.0383. The van der Waals surface area contributed by atoms with Gasteiger partial charge in [0, 0.05) is 18.3 Å². The number of halogens is 3. The van der Waals surface area contributed by atoms with E-state index in [4.69, 9.17) is 9.47 Å². The van der Waals surface area contributed by atoms with Gasteiger partial charge in [-0.05, 0) is 36.4 Å². The molecule has 4 rings (SSSR count). The molecule has 3 aromatic rings. The molecule has 0 saturated carbocycles. The summed E-state index contributed by atoms with van der Waals surface area (Å²) in [4.78, 5) is 12.2. The number of alkyl halides is 3. The van der Waals surface area contributed by atoms with Gasteiger partial charge in [-0.1, -0.05) is 17.8 Å². The van der Waals surface area contributed by atoms with E-state index >= 15 is 0 Å². The predicted molar refractivity (Wildman–Crippen MR) is 108 cm³/mol. The first kappa shape index (κ1) is 21.0. The zero-order chi connectivity index (χ0) is 22.0. The third-order valence-corrected chi connectivity index (χ3v) is 5.46. The topological polar surface area (TPSA) is 78.3 Å². The second kappa shape index (κ2) is 8.50. The van der Waals surface area contributed by atoms with Gasteiger partial charge in [-0.15, -0.1) is 10.2 Å². The predicted octanol–water partition coefficient (Wildman–Crippen LogP) is 4.00. The van der Waals surface area contributed by atoms with Gasteiger partial charge in [-0.2, -0.15) is 13.2 Å². The number of fused-ring (bicyclic) bond motifs is 1. The van der Waals surface area contributed by atoms with Crippen molar-refractivity contribution in [2.75, 3.05) is 24.3 Å². The van der Waals surface area contributed by atoms with E-state index in [1.807, 2.05) is 12.1 Å². The Morgan fingerprint density at radius 3 is 2.68 bits per heavy atom. The molecule has 1 amide bonds. The van der Waals surface area contributed by atoms with Gasteiger partial charge in [-0.25, -0.2) is 0 Å². The zero-order valence-corrected chi connectivity index (χ0v) is 17.1. The summed E-state index contributed by atoms with van der Waals surface area (Å²) >= 11 is 1.13. The highest BCUT2D eigenvalue weighted by Crippen LogP contribution is 2.34. The van der Waals surface area contributed by atoms with Crippen LogP contribution in [0.25, 0.3) is 11.4 Å². The minimum Gasteiger partial charge on any atom is -0.486 e. The van der Waals surface area contributed by atoms with E-state index in [1.54, 1.807) is 17.7 Å². The van der Waals surface area contributed by atoms with Crippen molar-refractivity contribution in [1.82, 2.24) is 14.8 Å². The highest BCUT2D eigenvalue weighted by Gasteiger charge is 2.30. The summed E-state index contributed by atoms with van der Waals surface area (Å²) in [6.45, 7) is 0.969. The number of hydrogen-bond acceptors (Lipinski definition) is 6. The second-order valence-electron chi connectivity index (χ2n) is 6.64. The zero-order valence-electron chi connectivity index (χ0n) is 16.3. The van der Waals surface area contributed by atoms with Crippen LogP contribution in [-0.2, 0) is 18.0 Å². The van der Waals surface area contributed by atoms with E-state index in [-0.39, 0.29) is 11.4 Å². The van der Waals surface area contributed by atoms with E-state index in [0.717, 1.165) is 29.5 Å². The van der Waals surface area contributed by atoms with Gasteiger partial charge in [0.25, 0.3) is 0 Å². The third-order valence-electron chi connectivity index (χ3n) is 4.44. The van der Waals surface area contributed by atoms with E-state index in [0.29, 0.717) is 35.7 Å². The van der Waals surface area contributed by atoms with Gasteiger partial charge in [0.1, 0.15) is 13.2 Å². The molecule has 2 aromatic carbocycles. The molecule has 0 unspecified atom stereocenters. The smallest absolute Gasteiger partial charge is 0.416 e. The number of thioether (sulfide) groups is 1. The largest absolute Gasteiger partial charge is 0.486 e. The molecule has 31 heavy (non-hydrogen) atoms. The third kappa shape index (κ3) is 4.76. The number of ether oxygens (including phenoxy) is 2. The Bertz CT molecular complexity index is 1120. The molecule has 162 valence electrons. The van der Waals surface area contributed by atoms with Crippen molar-refractivity contribution in [3.05, 3.63) is 48.0 Å². The Morgan fingerprint density at radius 2 is 1.90 bits per heavy atom. The Balaban J connectivity index is 1.41. The van der Waals surface area contributed by atoms with Crippen molar-refractivity contribution in [3.63, 3.8) is 0 Å². The van der Waals surface area contributed by atoms with Crippen LogP contribution < -0.4 is 14.8 Å². The molecular weight excluding hydrogens is 433 g/mol. The van der Waals surface area contributed by atoms with E-state index in [2.05, 4.69) is 15.5 Å². The fourth-order valence-electron chi connectivity index (χ4n) is 2.97. The highest BCUT2D eigenvalue weighted by atomic mass is 32.2. The lowest BCUT2D eigenvalue weighted by atomic mass is 10.2. The number of carbonyl (C=O) groups is 1. The molecule has 1 aliphatic rings. The molecule has 0 spiro atoms. The van der Waals surface area contributed by atoms with Gasteiger partial charge < -0.3 is 19.4 Å². The van der Waals surface area contributed by atoms with Crippen LogP contribution in [0, 0.1) is 0 Å². The van der Waals surface area contributed by atoms with Gasteiger partial charge in [0.15, 0.2) is 22.5 Å². The van der Waals surface area contributed by atoms with Crippen molar-refractivity contribution >= 4 is 23.4 Å². The number of nitrogens with one attached hydrogen (secondary N) is 1. The molecule has 0 saturated heterocycles. The van der Waals surface area contributed by atoms with Gasteiger partial charge >= 0.3 is 6.18 Å². The number of nitrogens with zero attached hydrogens (tertiary/aromatic N) is 3. The molecule has 0 bridgehead atoms. The van der Waals surface area contributed by atoms with Crippen molar-refractivity contribution < 1.29 is 27.4 Å². The maximum Gasteiger partial charge on any atom is 0.416 e. The lowest BCUT2D eigenvalue weighted by Crippen LogP contribution is -2.15. The van der Waals surface area contributed by atoms with Crippen molar-refractivity contribution in [2.45, 2.75) is 11.3 Å². The first-order chi connectivity index (χ1) is 14.8. The van der Waals surface area contributed by atoms with Crippen LogP contribution in [0.3, 0.4) is 0 Å². The maximum atomic E-state index is 12.8. The quantitative estimate of drug-likeness (QED) is 0.592. The minimum atomic E-state index is -4.47. The molecule has 7 nitrogen and oxygen atoms in total. The van der Waals surface area contributed by atoms with Crippen LogP contribution in [0.5, 0.6) is 11.5 Å². The van der Waals surface area contributed by atoms with E-state index in [9.17, 15) is 18.0 Å². The molecule has 0 aliphatic carbocycles. The summed E-state index contributed by atoms with van der Waals surface area (Å²) in [5.74, 6) is 1.38. The average molecular weight is 450 g/mol. The monoisotopic (exact) mass is 450 g/mol. The number of rotatable bonds is 5. The van der Waals surface area contributed by atoms with Crippen molar-refractivity contribution in [3.8, 4) is 22.9 Å². The SMILES string of the molecule is Cn1c(SCC(=O)Nc2cccc(C(F)(F)F)c2)nnc1-c1ccc2c(c1)OCCO2. The fraction of sp³-hybridized carbons (Fsp3) is 0.250. The first-order valence-electron chi connectivity index (χ1n) is 9.20. The summed E-state index contributed by atoms with van der Waals surface area (Å²) < 4.78 is 51.2. The summed E-state index contributed by atoms with van der Waals surface area (Å²) in [5.41, 5.74) is 0.0326. The summed E-state index contributed by atoms with van der Waals surface area (Å²) in [6, 6.07) is 9.94. The maximum absolute atomic E-state index is 12.8. The Kier molecular flexibility index (Phi) is 5.77. The van der Waals surface area contributed by atoms with Gasteiger partial charge in [0.05, 0.1) is 11.3 Å². The molecule has 0 radical (unpaired) electrons. The summed E-state index contributed by atoms with van der Waals surface area (Å²) in [7, 11) is 1.76.